The highest BCUT2D eigenvalue weighted by Gasteiger charge is 2.31. The standard InChI is InChI=1S/C18H25N3O5/c1-18(2,3)26-16(23)20-14-11-21(10-9-19-15(14)22)17(24)25-12-13-7-5-4-6-8-13/h4-8,14H,9-12H2,1-3H3,(H,19,22)(H,20,23)/t14-/m1/s1. The van der Waals surface area contributed by atoms with Crippen LogP contribution in [0, 0.1) is 0 Å². The number of amides is 3. The molecule has 2 rings (SSSR count). The summed E-state index contributed by atoms with van der Waals surface area (Å²) in [4.78, 5) is 37.7. The van der Waals surface area contributed by atoms with Crippen LogP contribution in [-0.4, -0.2) is 54.3 Å². The van der Waals surface area contributed by atoms with Gasteiger partial charge in [-0.2, -0.15) is 0 Å². The fraction of sp³-hybridized carbons (Fsp3) is 0.500. The second kappa shape index (κ2) is 8.55. The Morgan fingerprint density at radius 3 is 2.62 bits per heavy atom. The van der Waals surface area contributed by atoms with Crippen molar-refractivity contribution < 1.29 is 23.9 Å². The van der Waals surface area contributed by atoms with Crippen LogP contribution < -0.4 is 10.6 Å². The number of rotatable bonds is 3. The van der Waals surface area contributed by atoms with Gasteiger partial charge in [0, 0.05) is 13.1 Å². The summed E-state index contributed by atoms with van der Waals surface area (Å²) in [6.07, 6.45) is -1.25. The minimum Gasteiger partial charge on any atom is -0.445 e. The van der Waals surface area contributed by atoms with E-state index in [0.29, 0.717) is 6.54 Å². The normalized spacial score (nSPS) is 17.7. The molecule has 3 amide bonds. The molecule has 1 fully saturated rings. The Hall–Kier alpha value is -2.77. The third kappa shape index (κ3) is 6.27. The summed E-state index contributed by atoms with van der Waals surface area (Å²) in [5.41, 5.74) is 0.188. The molecule has 26 heavy (non-hydrogen) atoms. The first kappa shape index (κ1) is 19.6. The average molecular weight is 363 g/mol. The van der Waals surface area contributed by atoms with E-state index in [0.717, 1.165) is 5.56 Å². The zero-order valence-corrected chi connectivity index (χ0v) is 15.3. The Balaban J connectivity index is 1.93. The maximum Gasteiger partial charge on any atom is 0.410 e. The molecule has 1 aromatic rings. The molecule has 1 aromatic carbocycles. The summed E-state index contributed by atoms with van der Waals surface area (Å²) in [5, 5.41) is 5.16. The maximum absolute atomic E-state index is 12.3. The SMILES string of the molecule is CC(C)(C)OC(=O)N[C@@H]1CN(C(=O)OCc2ccccc2)CCNC1=O. The van der Waals surface area contributed by atoms with Gasteiger partial charge in [0.2, 0.25) is 5.91 Å². The molecule has 1 saturated heterocycles. The number of hydrogen-bond donors (Lipinski definition) is 2. The molecule has 142 valence electrons. The Morgan fingerprint density at radius 2 is 1.96 bits per heavy atom. The quantitative estimate of drug-likeness (QED) is 0.851. The van der Waals surface area contributed by atoms with Gasteiger partial charge in [0.05, 0.1) is 6.54 Å². The maximum atomic E-state index is 12.3. The molecule has 0 radical (unpaired) electrons. The van der Waals surface area contributed by atoms with E-state index in [2.05, 4.69) is 10.6 Å². The first-order chi connectivity index (χ1) is 12.2. The van der Waals surface area contributed by atoms with Crippen LogP contribution in [0.5, 0.6) is 0 Å². The number of hydrogen-bond acceptors (Lipinski definition) is 5. The Labute approximate surface area is 152 Å². The first-order valence-electron chi connectivity index (χ1n) is 8.47. The van der Waals surface area contributed by atoms with Crippen molar-refractivity contribution in [3.63, 3.8) is 0 Å². The van der Waals surface area contributed by atoms with Gasteiger partial charge in [-0.05, 0) is 26.3 Å². The first-order valence-corrected chi connectivity index (χ1v) is 8.47. The van der Waals surface area contributed by atoms with Crippen LogP contribution in [0.3, 0.4) is 0 Å². The fourth-order valence-electron chi connectivity index (χ4n) is 2.37. The summed E-state index contributed by atoms with van der Waals surface area (Å²) in [6, 6.07) is 8.40. The predicted octanol–water partition coefficient (Wildman–Crippen LogP) is 1.65. The van der Waals surface area contributed by atoms with E-state index >= 15 is 0 Å². The molecule has 2 N–H and O–H groups in total. The molecule has 8 nitrogen and oxygen atoms in total. The van der Waals surface area contributed by atoms with Gasteiger partial charge in [-0.15, -0.1) is 0 Å². The van der Waals surface area contributed by atoms with Crippen molar-refractivity contribution in [3.05, 3.63) is 35.9 Å². The van der Waals surface area contributed by atoms with Gasteiger partial charge in [0.25, 0.3) is 0 Å². The van der Waals surface area contributed by atoms with Crippen molar-refractivity contribution in [3.8, 4) is 0 Å². The molecule has 0 bridgehead atoms. The van der Waals surface area contributed by atoms with Gasteiger partial charge in [0.1, 0.15) is 18.2 Å². The molecule has 1 aliphatic heterocycles. The van der Waals surface area contributed by atoms with Crippen molar-refractivity contribution in [1.29, 1.82) is 0 Å². The average Bonchev–Trinajstić information content (AvgIpc) is 2.74. The molecule has 1 atom stereocenters. The summed E-state index contributed by atoms with van der Waals surface area (Å²) in [7, 11) is 0. The summed E-state index contributed by atoms with van der Waals surface area (Å²) in [6.45, 7) is 5.92. The third-order valence-electron chi connectivity index (χ3n) is 3.55. The summed E-state index contributed by atoms with van der Waals surface area (Å²) < 4.78 is 10.5. The van der Waals surface area contributed by atoms with E-state index in [9.17, 15) is 14.4 Å². The van der Waals surface area contributed by atoms with Crippen LogP contribution in [0.25, 0.3) is 0 Å². The molecule has 1 aliphatic rings. The summed E-state index contributed by atoms with van der Waals surface area (Å²) in [5.74, 6) is -0.366. The van der Waals surface area contributed by atoms with Crippen LogP contribution in [-0.2, 0) is 20.9 Å². The topological polar surface area (TPSA) is 97.0 Å². The van der Waals surface area contributed by atoms with Gasteiger partial charge >= 0.3 is 12.2 Å². The molecule has 0 saturated carbocycles. The number of benzene rings is 1. The van der Waals surface area contributed by atoms with E-state index in [1.807, 2.05) is 30.3 Å². The molecule has 0 aliphatic carbocycles. The number of carbonyl (C=O) groups is 3. The van der Waals surface area contributed by atoms with E-state index in [4.69, 9.17) is 9.47 Å². The minimum absolute atomic E-state index is 0.0126. The lowest BCUT2D eigenvalue weighted by Crippen LogP contribution is -2.51. The van der Waals surface area contributed by atoms with Crippen molar-refractivity contribution in [2.24, 2.45) is 0 Å². The van der Waals surface area contributed by atoms with Gasteiger partial charge in [-0.1, -0.05) is 30.3 Å². The number of nitrogens with one attached hydrogen (secondary N) is 2. The van der Waals surface area contributed by atoms with Crippen LogP contribution >= 0.6 is 0 Å². The van der Waals surface area contributed by atoms with Crippen molar-refractivity contribution in [2.75, 3.05) is 19.6 Å². The molecule has 0 aromatic heterocycles. The highest BCUT2D eigenvalue weighted by atomic mass is 16.6. The van der Waals surface area contributed by atoms with Gasteiger partial charge in [0.15, 0.2) is 0 Å². The third-order valence-corrected chi connectivity index (χ3v) is 3.55. The van der Waals surface area contributed by atoms with Crippen LogP contribution in [0.15, 0.2) is 30.3 Å². The van der Waals surface area contributed by atoms with Crippen LogP contribution in [0.1, 0.15) is 26.3 Å². The van der Waals surface area contributed by atoms with Crippen molar-refractivity contribution in [2.45, 2.75) is 39.0 Å². The molecule has 1 heterocycles. The van der Waals surface area contributed by atoms with Crippen molar-refractivity contribution in [1.82, 2.24) is 15.5 Å². The lowest BCUT2D eigenvalue weighted by atomic mass is 10.2. The van der Waals surface area contributed by atoms with Crippen molar-refractivity contribution >= 4 is 18.1 Å². The molecule has 8 heteroatoms. The fourth-order valence-corrected chi connectivity index (χ4v) is 2.37. The largest absolute Gasteiger partial charge is 0.445 e. The van der Waals surface area contributed by atoms with Gasteiger partial charge < -0.3 is 25.0 Å². The molecule has 0 spiro atoms. The van der Waals surface area contributed by atoms with Gasteiger partial charge in [-0.25, -0.2) is 9.59 Å². The zero-order valence-electron chi connectivity index (χ0n) is 15.3. The Morgan fingerprint density at radius 1 is 1.27 bits per heavy atom. The number of ether oxygens (including phenoxy) is 2. The smallest absolute Gasteiger partial charge is 0.410 e. The van der Waals surface area contributed by atoms with E-state index in [1.165, 1.54) is 4.90 Å². The number of alkyl carbamates (subject to hydrolysis) is 1. The van der Waals surface area contributed by atoms with Crippen LogP contribution in [0.4, 0.5) is 9.59 Å². The van der Waals surface area contributed by atoms with Crippen LogP contribution in [0.2, 0.25) is 0 Å². The zero-order chi connectivity index (χ0) is 19.2. The van der Waals surface area contributed by atoms with Gasteiger partial charge in [-0.3, -0.25) is 4.79 Å². The number of carbonyl (C=O) groups excluding carboxylic acids is 3. The van der Waals surface area contributed by atoms with E-state index < -0.39 is 23.8 Å². The predicted molar refractivity (Wildman–Crippen MR) is 94.4 cm³/mol. The second-order valence-electron chi connectivity index (χ2n) is 6.98. The molecule has 0 unspecified atom stereocenters. The summed E-state index contributed by atoms with van der Waals surface area (Å²) >= 11 is 0. The lowest BCUT2D eigenvalue weighted by molar-refractivity contribution is -0.122. The van der Waals surface area contributed by atoms with E-state index in [1.54, 1.807) is 20.8 Å². The molecular weight excluding hydrogens is 338 g/mol. The van der Waals surface area contributed by atoms with E-state index in [-0.39, 0.29) is 25.6 Å². The Kier molecular flexibility index (Phi) is 6.43. The minimum atomic E-state index is -0.906. The number of nitrogens with zero attached hydrogens (tertiary/aromatic N) is 1. The lowest BCUT2D eigenvalue weighted by Gasteiger charge is -2.25. The Bertz CT molecular complexity index is 642. The molecular formula is C18H25N3O5. The second-order valence-corrected chi connectivity index (χ2v) is 6.98. The highest BCUT2D eigenvalue weighted by molar-refractivity contribution is 5.87. The highest BCUT2D eigenvalue weighted by Crippen LogP contribution is 2.09. The monoisotopic (exact) mass is 363 g/mol.